The molecular formula is C9H9NO5. The van der Waals surface area contributed by atoms with E-state index in [4.69, 9.17) is 10.2 Å². The maximum atomic E-state index is 10.3. The van der Waals surface area contributed by atoms with Crippen molar-refractivity contribution in [2.75, 3.05) is 0 Å². The zero-order chi connectivity index (χ0) is 11.4. The molecule has 0 aliphatic heterocycles. The monoisotopic (exact) mass is 211 g/mol. The topological polar surface area (TPSA) is 108 Å². The minimum Gasteiger partial charge on any atom is -0.479 e. The van der Waals surface area contributed by atoms with E-state index in [1.165, 1.54) is 18.3 Å². The fourth-order valence-corrected chi connectivity index (χ4v) is 0.958. The van der Waals surface area contributed by atoms with Crippen LogP contribution in [-0.2, 0) is 4.79 Å². The van der Waals surface area contributed by atoms with E-state index >= 15 is 0 Å². The Hall–Kier alpha value is -1.79. The summed E-state index contributed by atoms with van der Waals surface area (Å²) in [5.74, 6) is -1.54. The van der Waals surface area contributed by atoms with Crippen LogP contribution in [0.4, 0.5) is 0 Å². The highest BCUT2D eigenvalue weighted by Gasteiger charge is 2.25. The van der Waals surface area contributed by atoms with E-state index in [9.17, 15) is 14.7 Å². The fourth-order valence-electron chi connectivity index (χ4n) is 0.958. The van der Waals surface area contributed by atoms with Crippen molar-refractivity contribution in [3.8, 4) is 0 Å². The molecule has 1 aromatic rings. The first-order valence-corrected chi connectivity index (χ1v) is 4.06. The molecule has 0 aliphatic rings. The summed E-state index contributed by atoms with van der Waals surface area (Å²) in [5, 5.41) is 26.8. The lowest BCUT2D eigenvalue weighted by atomic mass is 10.1. The quantitative estimate of drug-likeness (QED) is 0.572. The summed E-state index contributed by atoms with van der Waals surface area (Å²) in [6.07, 6.45) is -1.79. The molecule has 0 saturated heterocycles. The lowest BCUT2D eigenvalue weighted by Crippen LogP contribution is -2.28. The van der Waals surface area contributed by atoms with Gasteiger partial charge in [0.25, 0.3) is 0 Å². The summed E-state index contributed by atoms with van der Waals surface area (Å²) in [7, 11) is 0. The first kappa shape index (κ1) is 11.3. The molecule has 6 nitrogen and oxygen atoms in total. The Morgan fingerprint density at radius 3 is 2.47 bits per heavy atom. The van der Waals surface area contributed by atoms with Crippen molar-refractivity contribution in [1.82, 2.24) is 4.98 Å². The van der Waals surface area contributed by atoms with Gasteiger partial charge >= 0.3 is 5.97 Å². The van der Waals surface area contributed by atoms with Gasteiger partial charge in [0.1, 0.15) is 6.10 Å². The third kappa shape index (κ3) is 2.58. The molecule has 3 N–H and O–H groups in total. The maximum Gasteiger partial charge on any atom is 0.335 e. The van der Waals surface area contributed by atoms with Crippen LogP contribution in [0.1, 0.15) is 22.2 Å². The molecule has 0 amide bonds. The van der Waals surface area contributed by atoms with Gasteiger partial charge in [-0.15, -0.1) is 0 Å². The van der Waals surface area contributed by atoms with Crippen molar-refractivity contribution < 1.29 is 24.9 Å². The van der Waals surface area contributed by atoms with Crippen molar-refractivity contribution in [3.63, 3.8) is 0 Å². The smallest absolute Gasteiger partial charge is 0.335 e. The van der Waals surface area contributed by atoms with Crippen molar-refractivity contribution in [3.05, 3.63) is 29.6 Å². The van der Waals surface area contributed by atoms with Gasteiger partial charge in [0.2, 0.25) is 0 Å². The van der Waals surface area contributed by atoms with E-state index in [0.717, 1.165) is 0 Å². The Morgan fingerprint density at radius 1 is 1.40 bits per heavy atom. The van der Waals surface area contributed by atoms with Crippen molar-refractivity contribution in [2.24, 2.45) is 0 Å². The number of rotatable bonds is 4. The Morgan fingerprint density at radius 2 is 2.07 bits per heavy atom. The SMILES string of the molecule is O=Cc1ccc(C(O)C(O)C(=O)O)nc1. The van der Waals surface area contributed by atoms with Gasteiger partial charge in [0, 0.05) is 11.8 Å². The summed E-state index contributed by atoms with van der Waals surface area (Å²) in [6.45, 7) is 0. The molecule has 1 rings (SSSR count). The summed E-state index contributed by atoms with van der Waals surface area (Å²) in [6, 6.07) is 2.65. The summed E-state index contributed by atoms with van der Waals surface area (Å²) in [4.78, 5) is 24.3. The number of carboxylic acid groups (broad SMARTS) is 1. The summed E-state index contributed by atoms with van der Waals surface area (Å²) in [5.41, 5.74) is 0.297. The van der Waals surface area contributed by atoms with Crippen molar-refractivity contribution in [2.45, 2.75) is 12.2 Å². The van der Waals surface area contributed by atoms with Gasteiger partial charge in [0.05, 0.1) is 5.69 Å². The number of aromatic nitrogens is 1. The number of aldehydes is 1. The van der Waals surface area contributed by atoms with Crippen molar-refractivity contribution in [1.29, 1.82) is 0 Å². The highest BCUT2D eigenvalue weighted by Crippen LogP contribution is 2.14. The molecule has 0 spiro atoms. The van der Waals surface area contributed by atoms with Crippen LogP contribution in [0.15, 0.2) is 18.3 Å². The lowest BCUT2D eigenvalue weighted by molar-refractivity contribution is -0.153. The Kier molecular flexibility index (Phi) is 3.48. The number of hydrogen-bond donors (Lipinski definition) is 3. The van der Waals surface area contributed by atoms with Crippen LogP contribution in [0.25, 0.3) is 0 Å². The second-order valence-corrected chi connectivity index (χ2v) is 2.86. The molecular weight excluding hydrogens is 202 g/mol. The highest BCUT2D eigenvalue weighted by atomic mass is 16.4. The molecule has 0 fully saturated rings. The largest absolute Gasteiger partial charge is 0.479 e. The molecule has 0 aliphatic carbocycles. The van der Waals surface area contributed by atoms with Gasteiger partial charge in [-0.05, 0) is 12.1 Å². The predicted molar refractivity (Wildman–Crippen MR) is 48.2 cm³/mol. The molecule has 2 unspecified atom stereocenters. The third-order valence-corrected chi connectivity index (χ3v) is 1.80. The average molecular weight is 211 g/mol. The molecule has 1 aromatic heterocycles. The van der Waals surface area contributed by atoms with Crippen LogP contribution in [0, 0.1) is 0 Å². The Bertz CT molecular complexity index is 361. The molecule has 0 bridgehead atoms. The zero-order valence-corrected chi connectivity index (χ0v) is 7.57. The van der Waals surface area contributed by atoms with Gasteiger partial charge in [-0.2, -0.15) is 0 Å². The van der Waals surface area contributed by atoms with E-state index < -0.39 is 18.2 Å². The second kappa shape index (κ2) is 4.63. The average Bonchev–Trinajstić information content (AvgIpc) is 2.27. The molecule has 0 saturated carbocycles. The molecule has 0 aromatic carbocycles. The Balaban J connectivity index is 2.86. The standard InChI is InChI=1S/C9H9NO5/c11-4-5-1-2-6(10-3-5)7(12)8(13)9(14)15/h1-4,7-8,12-13H,(H,14,15). The van der Waals surface area contributed by atoms with Gasteiger partial charge in [-0.25, -0.2) is 4.79 Å². The van der Waals surface area contributed by atoms with Crippen LogP contribution in [-0.4, -0.2) is 38.7 Å². The maximum absolute atomic E-state index is 10.3. The zero-order valence-electron chi connectivity index (χ0n) is 7.57. The van der Waals surface area contributed by atoms with Crippen LogP contribution in [0.2, 0.25) is 0 Å². The van der Waals surface area contributed by atoms with Crippen LogP contribution < -0.4 is 0 Å². The molecule has 0 radical (unpaired) electrons. The third-order valence-electron chi connectivity index (χ3n) is 1.80. The van der Waals surface area contributed by atoms with Crippen LogP contribution in [0.5, 0.6) is 0 Å². The molecule has 1 heterocycles. The molecule has 80 valence electrons. The van der Waals surface area contributed by atoms with E-state index in [0.29, 0.717) is 11.8 Å². The predicted octanol–water partition coefficient (Wildman–Crippen LogP) is -0.627. The number of hydrogen-bond acceptors (Lipinski definition) is 5. The Labute approximate surface area is 84.8 Å². The number of nitrogens with zero attached hydrogens (tertiary/aromatic N) is 1. The molecule has 6 heteroatoms. The minimum atomic E-state index is -1.93. The van der Waals surface area contributed by atoms with Gasteiger partial charge in [0.15, 0.2) is 12.4 Å². The first-order valence-electron chi connectivity index (χ1n) is 4.06. The number of aliphatic hydroxyl groups excluding tert-OH is 2. The summed E-state index contributed by atoms with van der Waals surface area (Å²) >= 11 is 0. The normalized spacial score (nSPS) is 14.3. The van der Waals surface area contributed by atoms with Crippen LogP contribution in [0.3, 0.4) is 0 Å². The van der Waals surface area contributed by atoms with Gasteiger partial charge in [-0.3, -0.25) is 9.78 Å². The van der Waals surface area contributed by atoms with Gasteiger partial charge in [-0.1, -0.05) is 0 Å². The molecule has 2 atom stereocenters. The number of carboxylic acids is 1. The molecule has 15 heavy (non-hydrogen) atoms. The second-order valence-electron chi connectivity index (χ2n) is 2.86. The van der Waals surface area contributed by atoms with E-state index in [2.05, 4.69) is 4.98 Å². The van der Waals surface area contributed by atoms with E-state index in [1.807, 2.05) is 0 Å². The van der Waals surface area contributed by atoms with Crippen molar-refractivity contribution >= 4 is 12.3 Å². The fraction of sp³-hybridized carbons (Fsp3) is 0.222. The minimum absolute atomic E-state index is 0.00417. The number of carbonyl (C=O) groups is 2. The highest BCUT2D eigenvalue weighted by molar-refractivity contribution is 5.74. The number of pyridine rings is 1. The van der Waals surface area contributed by atoms with Gasteiger partial charge < -0.3 is 15.3 Å². The summed E-state index contributed by atoms with van der Waals surface area (Å²) < 4.78 is 0. The number of carbonyl (C=O) groups excluding carboxylic acids is 1. The van der Waals surface area contributed by atoms with E-state index in [-0.39, 0.29) is 5.69 Å². The lowest BCUT2D eigenvalue weighted by Gasteiger charge is -2.12. The van der Waals surface area contributed by atoms with E-state index in [1.54, 1.807) is 0 Å². The number of aliphatic hydroxyl groups is 2. The van der Waals surface area contributed by atoms with Crippen LogP contribution >= 0.6 is 0 Å². The number of aliphatic carboxylic acids is 1. The first-order chi connectivity index (χ1) is 7.06.